The fourth-order valence-electron chi connectivity index (χ4n) is 4.90. The lowest BCUT2D eigenvalue weighted by molar-refractivity contribution is -0.115. The Balaban J connectivity index is 1.43. The van der Waals surface area contributed by atoms with Crippen LogP contribution in [0.2, 0.25) is 0 Å². The molecule has 0 bridgehead atoms. The number of benzene rings is 3. The molecule has 1 heterocycles. The first-order valence-electron chi connectivity index (χ1n) is 13.1. The number of rotatable bonds is 7. The lowest BCUT2D eigenvalue weighted by Gasteiger charge is -2.33. The quantitative estimate of drug-likeness (QED) is 0.366. The molecule has 0 saturated heterocycles. The highest BCUT2D eigenvalue weighted by atomic mass is 32.2. The molecule has 6 nitrogen and oxygen atoms in total. The van der Waals surface area contributed by atoms with Crippen molar-refractivity contribution in [3.05, 3.63) is 107 Å². The average Bonchev–Trinajstić information content (AvgIpc) is 3.00. The van der Waals surface area contributed by atoms with Gasteiger partial charge in [0, 0.05) is 18.4 Å². The summed E-state index contributed by atoms with van der Waals surface area (Å²) in [6, 6.07) is 25.8. The van der Waals surface area contributed by atoms with Crippen LogP contribution >= 0.6 is 11.8 Å². The zero-order chi connectivity index (χ0) is 27.2. The van der Waals surface area contributed by atoms with Crippen LogP contribution in [-0.4, -0.2) is 38.1 Å². The number of para-hydroxylation sites is 1. The van der Waals surface area contributed by atoms with Gasteiger partial charge in [-0.15, -0.1) is 0 Å². The molecular formula is C32H33N3O3S. The molecule has 200 valence electrons. The summed E-state index contributed by atoms with van der Waals surface area (Å²) >= 11 is 1.45. The van der Waals surface area contributed by atoms with Gasteiger partial charge in [0.1, 0.15) is 17.5 Å². The van der Waals surface area contributed by atoms with Gasteiger partial charge in [0.2, 0.25) is 5.91 Å². The molecule has 7 heteroatoms. The third kappa shape index (κ3) is 6.20. The number of carbonyl (C=O) groups excluding carboxylic acids is 1. The Morgan fingerprint density at radius 1 is 0.974 bits per heavy atom. The number of allylic oxidation sites excluding steroid dienone is 1. The van der Waals surface area contributed by atoms with Gasteiger partial charge in [-0.1, -0.05) is 54.2 Å². The monoisotopic (exact) mass is 539 g/mol. The van der Waals surface area contributed by atoms with E-state index in [0.29, 0.717) is 0 Å². The Labute approximate surface area is 234 Å². The summed E-state index contributed by atoms with van der Waals surface area (Å²) < 4.78 is 10.7. The molecule has 1 aliphatic carbocycles. The van der Waals surface area contributed by atoms with Gasteiger partial charge >= 0.3 is 0 Å². The van der Waals surface area contributed by atoms with Crippen LogP contribution in [0, 0.1) is 0 Å². The van der Waals surface area contributed by atoms with Crippen molar-refractivity contribution in [1.29, 1.82) is 0 Å². The van der Waals surface area contributed by atoms with Gasteiger partial charge < -0.3 is 19.7 Å². The van der Waals surface area contributed by atoms with Crippen LogP contribution < -0.4 is 19.7 Å². The minimum atomic E-state index is -0.115. The van der Waals surface area contributed by atoms with E-state index >= 15 is 0 Å². The smallest absolute Gasteiger partial charge is 0.237 e. The van der Waals surface area contributed by atoms with Crippen LogP contribution in [-0.2, 0) is 4.79 Å². The summed E-state index contributed by atoms with van der Waals surface area (Å²) in [6.45, 7) is 0. The zero-order valence-corrected chi connectivity index (χ0v) is 23.3. The predicted molar refractivity (Wildman–Crippen MR) is 160 cm³/mol. The number of methoxy groups -OCH3 is 2. The first-order chi connectivity index (χ1) is 19.1. The van der Waals surface area contributed by atoms with E-state index in [-0.39, 0.29) is 17.7 Å². The van der Waals surface area contributed by atoms with Crippen molar-refractivity contribution < 1.29 is 14.3 Å². The van der Waals surface area contributed by atoms with Crippen LogP contribution in [0.3, 0.4) is 0 Å². The predicted octanol–water partition coefficient (Wildman–Crippen LogP) is 6.62. The van der Waals surface area contributed by atoms with Gasteiger partial charge in [0.15, 0.2) is 5.17 Å². The summed E-state index contributed by atoms with van der Waals surface area (Å²) in [6.07, 6.45) is 5.25. The van der Waals surface area contributed by atoms with Gasteiger partial charge in [0.25, 0.3) is 0 Å². The Morgan fingerprint density at radius 3 is 2.31 bits per heavy atom. The summed E-state index contributed by atoms with van der Waals surface area (Å²) in [5.41, 5.74) is 6.77. The number of hydrogen-bond donors (Lipinski definition) is 1. The summed E-state index contributed by atoms with van der Waals surface area (Å²) in [4.78, 5) is 19.8. The fourth-order valence-corrected chi connectivity index (χ4v) is 5.71. The molecule has 5 rings (SSSR count). The van der Waals surface area contributed by atoms with Crippen molar-refractivity contribution in [2.45, 2.75) is 25.3 Å². The SMILES string of the molecule is COc1ccc(/C=C2\CCCC3=C2NC(SCC(=O)N(C)c2ccccc2)=NC3c2ccc(OC)cc2)cc1. The number of thioether (sulfide) groups is 1. The van der Waals surface area contributed by atoms with Crippen LogP contribution in [0.4, 0.5) is 5.69 Å². The number of amidine groups is 1. The summed E-state index contributed by atoms with van der Waals surface area (Å²) in [5.74, 6) is 1.96. The van der Waals surface area contributed by atoms with E-state index in [1.165, 1.54) is 22.9 Å². The van der Waals surface area contributed by atoms with E-state index in [0.717, 1.165) is 58.4 Å². The van der Waals surface area contributed by atoms with Gasteiger partial charge in [-0.2, -0.15) is 0 Å². The van der Waals surface area contributed by atoms with Gasteiger partial charge in [-0.3, -0.25) is 4.79 Å². The van der Waals surface area contributed by atoms with Gasteiger partial charge in [-0.25, -0.2) is 4.99 Å². The topological polar surface area (TPSA) is 63.2 Å². The molecule has 0 fully saturated rings. The molecule has 1 aliphatic heterocycles. The van der Waals surface area contributed by atoms with Crippen LogP contribution in [0.1, 0.15) is 36.4 Å². The lowest BCUT2D eigenvalue weighted by atomic mass is 9.84. The van der Waals surface area contributed by atoms with Gasteiger partial charge in [-0.05, 0) is 84.0 Å². The minimum Gasteiger partial charge on any atom is -0.497 e. The summed E-state index contributed by atoms with van der Waals surface area (Å²) in [5, 5.41) is 4.37. The number of amides is 1. The molecule has 2 aliphatic rings. The maximum Gasteiger partial charge on any atom is 0.237 e. The first-order valence-corrected chi connectivity index (χ1v) is 14.1. The Morgan fingerprint density at radius 2 is 1.64 bits per heavy atom. The molecule has 1 N–H and O–H groups in total. The standard InChI is InChI=1S/C32H33N3O3S/c1-35(25-9-5-4-6-10-25)29(36)21-39-32-33-30(23-14-18-27(38-3)19-15-23)28-11-7-8-24(31(28)34-32)20-22-12-16-26(37-2)17-13-22/h4-6,9-10,12-20,30H,7-8,11,21H2,1-3H3,(H,33,34)/b24-20+. The highest BCUT2D eigenvalue weighted by molar-refractivity contribution is 8.14. The van der Waals surface area contributed by atoms with Crippen LogP contribution in [0.25, 0.3) is 6.08 Å². The second kappa shape index (κ2) is 12.3. The lowest BCUT2D eigenvalue weighted by Crippen LogP contribution is -2.33. The van der Waals surface area contributed by atoms with E-state index < -0.39 is 0 Å². The molecule has 39 heavy (non-hydrogen) atoms. The minimum absolute atomic E-state index is 0.0223. The molecule has 1 unspecified atom stereocenters. The highest BCUT2D eigenvalue weighted by Gasteiger charge is 2.30. The van der Waals surface area contributed by atoms with Gasteiger partial charge in [0.05, 0.1) is 20.0 Å². The largest absolute Gasteiger partial charge is 0.497 e. The normalized spacial score (nSPS) is 17.7. The first kappa shape index (κ1) is 26.6. The molecule has 0 spiro atoms. The Hall–Kier alpha value is -3.97. The third-order valence-electron chi connectivity index (χ3n) is 7.08. The molecule has 3 aromatic carbocycles. The number of anilines is 1. The average molecular weight is 540 g/mol. The van der Waals surface area contributed by atoms with Crippen molar-refractivity contribution >= 4 is 34.6 Å². The summed E-state index contributed by atoms with van der Waals surface area (Å²) in [7, 11) is 5.16. The Kier molecular flexibility index (Phi) is 8.37. The number of nitrogens with zero attached hydrogens (tertiary/aromatic N) is 2. The van der Waals surface area contributed by atoms with E-state index in [1.807, 2.05) is 61.6 Å². The molecule has 0 aromatic heterocycles. The number of aliphatic imine (C=N–C) groups is 1. The molecular weight excluding hydrogens is 506 g/mol. The molecule has 1 amide bonds. The highest BCUT2D eigenvalue weighted by Crippen LogP contribution is 2.42. The van der Waals surface area contributed by atoms with Crippen LogP contribution in [0.15, 0.2) is 101 Å². The number of nitrogens with one attached hydrogen (secondary N) is 1. The molecule has 0 radical (unpaired) electrons. The van der Waals surface area contributed by atoms with Crippen molar-refractivity contribution in [2.24, 2.45) is 4.99 Å². The van der Waals surface area contributed by atoms with E-state index in [2.05, 4.69) is 35.7 Å². The fraction of sp³-hybridized carbons (Fsp3) is 0.250. The third-order valence-corrected chi connectivity index (χ3v) is 7.95. The maximum atomic E-state index is 13.0. The van der Waals surface area contributed by atoms with Crippen molar-refractivity contribution in [1.82, 2.24) is 5.32 Å². The molecule has 0 saturated carbocycles. The second-order valence-corrected chi connectivity index (χ2v) is 10.5. The molecule has 1 atom stereocenters. The second-order valence-electron chi connectivity index (χ2n) is 9.51. The van der Waals surface area contributed by atoms with Crippen LogP contribution in [0.5, 0.6) is 11.5 Å². The number of carbonyl (C=O) groups is 1. The van der Waals surface area contributed by atoms with E-state index in [4.69, 9.17) is 14.5 Å². The van der Waals surface area contributed by atoms with Crippen molar-refractivity contribution in [2.75, 3.05) is 31.9 Å². The number of hydrogen-bond acceptors (Lipinski definition) is 6. The van der Waals surface area contributed by atoms with E-state index in [1.54, 1.807) is 19.1 Å². The molecule has 3 aromatic rings. The van der Waals surface area contributed by atoms with Crippen molar-refractivity contribution in [3.8, 4) is 11.5 Å². The van der Waals surface area contributed by atoms with E-state index in [9.17, 15) is 4.79 Å². The van der Waals surface area contributed by atoms with Crippen molar-refractivity contribution in [3.63, 3.8) is 0 Å². The zero-order valence-electron chi connectivity index (χ0n) is 22.5. The Bertz CT molecular complexity index is 1400. The number of ether oxygens (including phenoxy) is 2. The maximum absolute atomic E-state index is 13.0.